The summed E-state index contributed by atoms with van der Waals surface area (Å²) >= 11 is 0. The van der Waals surface area contributed by atoms with E-state index < -0.39 is 5.97 Å². The highest BCUT2D eigenvalue weighted by atomic mass is 16.5. The summed E-state index contributed by atoms with van der Waals surface area (Å²) in [7, 11) is 0. The van der Waals surface area contributed by atoms with Crippen molar-refractivity contribution in [1.82, 2.24) is 5.16 Å². The highest BCUT2D eigenvalue weighted by Gasteiger charge is 2.03. The molecular weight excluding hydrogens is 256 g/mol. The number of ether oxygens (including phenoxy) is 1. The van der Waals surface area contributed by atoms with E-state index in [2.05, 4.69) is 5.16 Å². The summed E-state index contributed by atoms with van der Waals surface area (Å²) in [5.41, 5.74) is 1.96. The zero-order valence-electron chi connectivity index (χ0n) is 10.9. The molecule has 0 radical (unpaired) electrons. The molecule has 0 unspecified atom stereocenters. The molecule has 0 aliphatic carbocycles. The van der Waals surface area contributed by atoms with E-state index in [9.17, 15) is 4.79 Å². The number of esters is 1. The fraction of sp³-hybridized carbons (Fsp3) is 0.133. The van der Waals surface area contributed by atoms with E-state index in [1.54, 1.807) is 43.3 Å². The first-order chi connectivity index (χ1) is 9.67. The first-order valence-corrected chi connectivity index (χ1v) is 5.94. The Kier molecular flexibility index (Phi) is 4.30. The van der Waals surface area contributed by atoms with Crippen LogP contribution in [0, 0.1) is 18.3 Å². The molecule has 0 saturated heterocycles. The van der Waals surface area contributed by atoms with Crippen molar-refractivity contribution in [2.45, 2.75) is 13.5 Å². The van der Waals surface area contributed by atoms with Gasteiger partial charge in [-0.25, -0.2) is 4.79 Å². The molecule has 1 heterocycles. The monoisotopic (exact) mass is 268 g/mol. The molecule has 5 nitrogen and oxygen atoms in total. The van der Waals surface area contributed by atoms with Gasteiger partial charge in [-0.05, 0) is 30.7 Å². The van der Waals surface area contributed by atoms with Crippen molar-refractivity contribution >= 4 is 12.0 Å². The lowest BCUT2D eigenvalue weighted by molar-refractivity contribution is -0.139. The molecule has 20 heavy (non-hydrogen) atoms. The zero-order chi connectivity index (χ0) is 14.4. The van der Waals surface area contributed by atoms with E-state index in [1.165, 1.54) is 6.08 Å². The van der Waals surface area contributed by atoms with Crippen LogP contribution in [0.2, 0.25) is 0 Å². The molecule has 5 heteroatoms. The largest absolute Gasteiger partial charge is 0.456 e. The lowest BCUT2D eigenvalue weighted by Gasteiger charge is -1.97. The number of hydrogen-bond donors (Lipinski definition) is 0. The predicted octanol–water partition coefficient (Wildman–Crippen LogP) is 2.61. The minimum absolute atomic E-state index is 0.0773. The van der Waals surface area contributed by atoms with Crippen molar-refractivity contribution in [3.63, 3.8) is 0 Å². The van der Waals surface area contributed by atoms with Gasteiger partial charge in [-0.2, -0.15) is 5.26 Å². The Labute approximate surface area is 116 Å². The number of aromatic nitrogens is 1. The van der Waals surface area contributed by atoms with Crippen LogP contribution in [-0.2, 0) is 16.1 Å². The Hall–Kier alpha value is -2.87. The summed E-state index contributed by atoms with van der Waals surface area (Å²) in [6, 6.07) is 10.6. The molecule has 0 aliphatic heterocycles. The normalized spacial score (nSPS) is 10.4. The Morgan fingerprint density at radius 1 is 1.45 bits per heavy atom. The average Bonchev–Trinajstić information content (AvgIpc) is 2.89. The van der Waals surface area contributed by atoms with E-state index in [-0.39, 0.29) is 6.61 Å². The van der Waals surface area contributed by atoms with Gasteiger partial charge in [0.15, 0.2) is 0 Å². The van der Waals surface area contributed by atoms with E-state index in [1.807, 2.05) is 6.07 Å². The van der Waals surface area contributed by atoms with Crippen LogP contribution in [0.4, 0.5) is 0 Å². The molecule has 0 aliphatic rings. The molecule has 0 atom stereocenters. The van der Waals surface area contributed by atoms with Crippen molar-refractivity contribution in [2.24, 2.45) is 0 Å². The van der Waals surface area contributed by atoms with Crippen LogP contribution >= 0.6 is 0 Å². The molecule has 2 aromatic rings. The second-order valence-electron chi connectivity index (χ2n) is 4.10. The quantitative estimate of drug-likeness (QED) is 0.629. The molecule has 0 amide bonds. The van der Waals surface area contributed by atoms with Crippen molar-refractivity contribution in [2.75, 3.05) is 0 Å². The summed E-state index contributed by atoms with van der Waals surface area (Å²) in [5, 5.41) is 12.4. The maximum atomic E-state index is 11.5. The summed E-state index contributed by atoms with van der Waals surface area (Å²) in [6.07, 6.45) is 2.95. The first kappa shape index (κ1) is 13.6. The van der Waals surface area contributed by atoms with Crippen LogP contribution in [0.25, 0.3) is 6.08 Å². The minimum atomic E-state index is -0.463. The predicted molar refractivity (Wildman–Crippen MR) is 71.2 cm³/mol. The fourth-order valence-electron chi connectivity index (χ4n) is 1.51. The van der Waals surface area contributed by atoms with Gasteiger partial charge in [-0.1, -0.05) is 17.3 Å². The average molecular weight is 268 g/mol. The second-order valence-corrected chi connectivity index (χ2v) is 4.10. The number of hydrogen-bond acceptors (Lipinski definition) is 5. The number of nitrogens with zero attached hydrogens (tertiary/aromatic N) is 2. The third kappa shape index (κ3) is 3.82. The first-order valence-electron chi connectivity index (χ1n) is 5.94. The van der Waals surface area contributed by atoms with Gasteiger partial charge in [-0.15, -0.1) is 0 Å². The molecule has 1 aromatic carbocycles. The molecule has 2 rings (SSSR count). The van der Waals surface area contributed by atoms with Gasteiger partial charge in [0, 0.05) is 12.1 Å². The Balaban J connectivity index is 1.87. The Morgan fingerprint density at radius 3 is 2.80 bits per heavy atom. The highest BCUT2D eigenvalue weighted by Crippen LogP contribution is 2.06. The topological polar surface area (TPSA) is 76.1 Å². The van der Waals surface area contributed by atoms with Gasteiger partial charge >= 0.3 is 5.97 Å². The Bertz CT molecular complexity index is 663. The van der Waals surface area contributed by atoms with Crippen LogP contribution in [0.15, 0.2) is 40.9 Å². The number of nitriles is 1. The molecule has 1 aromatic heterocycles. The van der Waals surface area contributed by atoms with Gasteiger partial charge in [0.2, 0.25) is 0 Å². The summed E-state index contributed by atoms with van der Waals surface area (Å²) in [4.78, 5) is 11.5. The minimum Gasteiger partial charge on any atom is -0.456 e. The van der Waals surface area contributed by atoms with Gasteiger partial charge in [0.25, 0.3) is 0 Å². The number of carbonyl (C=O) groups is 1. The van der Waals surface area contributed by atoms with Crippen LogP contribution in [-0.4, -0.2) is 11.1 Å². The van der Waals surface area contributed by atoms with Crippen molar-refractivity contribution < 1.29 is 14.1 Å². The SMILES string of the molecule is Cc1cc(COC(=O)/C=C/c2ccc(C#N)cc2)no1. The molecular formula is C15H12N2O3. The summed E-state index contributed by atoms with van der Waals surface area (Å²) < 4.78 is 9.87. The number of carbonyl (C=O) groups excluding carboxylic acids is 1. The summed E-state index contributed by atoms with van der Waals surface area (Å²) in [5.74, 6) is 0.208. The molecule has 100 valence electrons. The van der Waals surface area contributed by atoms with E-state index in [0.29, 0.717) is 17.0 Å². The van der Waals surface area contributed by atoms with E-state index >= 15 is 0 Å². The van der Waals surface area contributed by atoms with Gasteiger partial charge < -0.3 is 9.26 Å². The fourth-order valence-corrected chi connectivity index (χ4v) is 1.51. The maximum Gasteiger partial charge on any atom is 0.331 e. The molecule has 0 spiro atoms. The lowest BCUT2D eigenvalue weighted by atomic mass is 10.1. The van der Waals surface area contributed by atoms with Crippen LogP contribution < -0.4 is 0 Å². The van der Waals surface area contributed by atoms with Crippen molar-refractivity contribution in [1.29, 1.82) is 5.26 Å². The number of benzene rings is 1. The second kappa shape index (κ2) is 6.34. The van der Waals surface area contributed by atoms with E-state index in [0.717, 1.165) is 5.56 Å². The lowest BCUT2D eigenvalue weighted by Crippen LogP contribution is -2.00. The third-order valence-electron chi connectivity index (χ3n) is 2.49. The third-order valence-corrected chi connectivity index (χ3v) is 2.49. The zero-order valence-corrected chi connectivity index (χ0v) is 10.9. The standard InChI is InChI=1S/C15H12N2O3/c1-11-8-14(17-20-11)10-19-15(18)7-6-12-2-4-13(9-16)5-3-12/h2-8H,10H2,1H3/b7-6+. The maximum absolute atomic E-state index is 11.5. The number of aryl methyl sites for hydroxylation is 1. The number of rotatable bonds is 4. The van der Waals surface area contributed by atoms with Gasteiger partial charge in [0.05, 0.1) is 11.6 Å². The van der Waals surface area contributed by atoms with Crippen molar-refractivity contribution in [3.05, 3.63) is 59.0 Å². The van der Waals surface area contributed by atoms with Gasteiger partial charge in [-0.3, -0.25) is 0 Å². The van der Waals surface area contributed by atoms with Crippen LogP contribution in [0.3, 0.4) is 0 Å². The van der Waals surface area contributed by atoms with Crippen LogP contribution in [0.5, 0.6) is 0 Å². The molecule has 0 N–H and O–H groups in total. The van der Waals surface area contributed by atoms with Crippen LogP contribution in [0.1, 0.15) is 22.6 Å². The smallest absolute Gasteiger partial charge is 0.331 e. The molecule has 0 saturated carbocycles. The molecule has 0 bridgehead atoms. The highest BCUT2D eigenvalue weighted by molar-refractivity contribution is 5.87. The molecule has 0 fully saturated rings. The Morgan fingerprint density at radius 2 is 2.20 bits per heavy atom. The van der Waals surface area contributed by atoms with E-state index in [4.69, 9.17) is 14.5 Å². The van der Waals surface area contributed by atoms with Gasteiger partial charge in [0.1, 0.15) is 18.1 Å². The van der Waals surface area contributed by atoms with Crippen molar-refractivity contribution in [3.8, 4) is 6.07 Å². The summed E-state index contributed by atoms with van der Waals surface area (Å²) in [6.45, 7) is 1.84.